The summed E-state index contributed by atoms with van der Waals surface area (Å²) >= 11 is 0. The van der Waals surface area contributed by atoms with Crippen LogP contribution in [0.15, 0.2) is 29.2 Å². The summed E-state index contributed by atoms with van der Waals surface area (Å²) < 4.78 is 40.7. The topological polar surface area (TPSA) is 77.1 Å². The van der Waals surface area contributed by atoms with Crippen LogP contribution in [0.1, 0.15) is 24.4 Å². The molecule has 2 aliphatic rings. The van der Waals surface area contributed by atoms with E-state index in [1.807, 2.05) is 19.2 Å². The number of nitrogens with one attached hydrogen (secondary N) is 1. The van der Waals surface area contributed by atoms with Gasteiger partial charge in [-0.05, 0) is 37.6 Å². The molecule has 4 unspecified atom stereocenters. The molecule has 2 aliphatic heterocycles. The summed E-state index contributed by atoms with van der Waals surface area (Å²) in [5, 5.41) is 3.49. The Kier molecular flexibility index (Phi) is 6.32. The predicted molar refractivity (Wildman–Crippen MR) is 97.6 cm³/mol. The Morgan fingerprint density at radius 2 is 2.04 bits per heavy atom. The number of methoxy groups -OCH3 is 1. The van der Waals surface area contributed by atoms with Gasteiger partial charge in [-0.25, -0.2) is 8.42 Å². The maximum Gasteiger partial charge on any atom is 0.175 e. The zero-order valence-electron chi connectivity index (χ0n) is 15.6. The Morgan fingerprint density at radius 1 is 1.31 bits per heavy atom. The SMILES string of the molecule is COC1C(c2ccc(S(C)(=O)=O)cc2)NC(OCC2CCCO2)CN1C. The van der Waals surface area contributed by atoms with Crippen LogP contribution in [0.25, 0.3) is 0 Å². The van der Waals surface area contributed by atoms with Crippen molar-refractivity contribution in [2.24, 2.45) is 0 Å². The van der Waals surface area contributed by atoms with Gasteiger partial charge in [-0.2, -0.15) is 0 Å². The highest BCUT2D eigenvalue weighted by Gasteiger charge is 2.35. The molecule has 0 radical (unpaired) electrons. The largest absolute Gasteiger partial charge is 0.376 e. The summed E-state index contributed by atoms with van der Waals surface area (Å²) in [4.78, 5) is 2.41. The normalized spacial score (nSPS) is 30.6. The molecular weight excluding hydrogens is 356 g/mol. The van der Waals surface area contributed by atoms with E-state index in [1.165, 1.54) is 6.26 Å². The minimum Gasteiger partial charge on any atom is -0.376 e. The van der Waals surface area contributed by atoms with E-state index in [9.17, 15) is 8.42 Å². The van der Waals surface area contributed by atoms with Gasteiger partial charge in [0.05, 0.1) is 23.6 Å². The van der Waals surface area contributed by atoms with Gasteiger partial charge in [0.25, 0.3) is 0 Å². The molecule has 1 aromatic rings. The maximum atomic E-state index is 11.7. The van der Waals surface area contributed by atoms with Gasteiger partial charge in [0.1, 0.15) is 12.5 Å². The summed E-state index contributed by atoms with van der Waals surface area (Å²) in [6.45, 7) is 2.08. The molecule has 146 valence electrons. The molecule has 26 heavy (non-hydrogen) atoms. The van der Waals surface area contributed by atoms with Gasteiger partial charge in [0.2, 0.25) is 0 Å². The lowest BCUT2D eigenvalue weighted by Crippen LogP contribution is -2.58. The molecule has 3 rings (SSSR count). The highest BCUT2D eigenvalue weighted by molar-refractivity contribution is 7.90. The van der Waals surface area contributed by atoms with Crippen molar-refractivity contribution in [1.29, 1.82) is 0 Å². The number of ether oxygens (including phenoxy) is 3. The van der Waals surface area contributed by atoms with Crippen molar-refractivity contribution < 1.29 is 22.6 Å². The van der Waals surface area contributed by atoms with E-state index >= 15 is 0 Å². The minimum atomic E-state index is -3.21. The lowest BCUT2D eigenvalue weighted by molar-refractivity contribution is -0.132. The van der Waals surface area contributed by atoms with Crippen molar-refractivity contribution in [3.05, 3.63) is 29.8 Å². The van der Waals surface area contributed by atoms with Crippen molar-refractivity contribution in [3.8, 4) is 0 Å². The van der Waals surface area contributed by atoms with Crippen molar-refractivity contribution in [2.75, 3.05) is 40.2 Å². The Morgan fingerprint density at radius 3 is 2.62 bits per heavy atom. The fourth-order valence-electron chi connectivity index (χ4n) is 3.55. The molecule has 2 heterocycles. The number of rotatable bonds is 6. The molecule has 0 saturated carbocycles. The van der Waals surface area contributed by atoms with Gasteiger partial charge in [0, 0.05) is 26.5 Å². The van der Waals surface area contributed by atoms with E-state index in [4.69, 9.17) is 14.2 Å². The number of benzene rings is 1. The second kappa shape index (κ2) is 8.33. The van der Waals surface area contributed by atoms with Crippen LogP contribution in [0.4, 0.5) is 0 Å². The summed E-state index contributed by atoms with van der Waals surface area (Å²) in [7, 11) is 0.461. The summed E-state index contributed by atoms with van der Waals surface area (Å²) in [6.07, 6.45) is 3.21. The van der Waals surface area contributed by atoms with Crippen LogP contribution in [0, 0.1) is 0 Å². The first kappa shape index (κ1) is 19.7. The third-order valence-electron chi connectivity index (χ3n) is 4.95. The summed E-state index contributed by atoms with van der Waals surface area (Å²) in [5.74, 6) is 0. The van der Waals surface area contributed by atoms with Crippen molar-refractivity contribution in [2.45, 2.75) is 42.3 Å². The smallest absolute Gasteiger partial charge is 0.175 e. The number of nitrogens with zero attached hydrogens (tertiary/aromatic N) is 1. The maximum absolute atomic E-state index is 11.7. The minimum absolute atomic E-state index is 0.123. The first-order valence-corrected chi connectivity index (χ1v) is 10.8. The van der Waals surface area contributed by atoms with Crippen LogP contribution in [0.2, 0.25) is 0 Å². The van der Waals surface area contributed by atoms with Crippen molar-refractivity contribution in [3.63, 3.8) is 0 Å². The van der Waals surface area contributed by atoms with E-state index < -0.39 is 9.84 Å². The quantitative estimate of drug-likeness (QED) is 0.789. The molecule has 7 nitrogen and oxygen atoms in total. The average Bonchev–Trinajstić information content (AvgIpc) is 3.12. The van der Waals surface area contributed by atoms with Gasteiger partial charge in [-0.15, -0.1) is 0 Å². The molecule has 2 fully saturated rings. The highest BCUT2D eigenvalue weighted by Crippen LogP contribution is 2.27. The predicted octanol–water partition coefficient (Wildman–Crippen LogP) is 1.16. The van der Waals surface area contributed by atoms with E-state index in [0.29, 0.717) is 18.0 Å². The fourth-order valence-corrected chi connectivity index (χ4v) is 4.19. The summed E-state index contributed by atoms with van der Waals surface area (Å²) in [6, 6.07) is 6.81. The van der Waals surface area contributed by atoms with Crippen LogP contribution in [-0.4, -0.2) is 72.0 Å². The van der Waals surface area contributed by atoms with E-state index in [1.54, 1.807) is 19.2 Å². The van der Waals surface area contributed by atoms with Crippen LogP contribution >= 0.6 is 0 Å². The zero-order chi connectivity index (χ0) is 18.7. The molecule has 1 aromatic carbocycles. The molecular formula is C18H28N2O5S. The number of piperazine rings is 1. The molecule has 0 bridgehead atoms. The van der Waals surface area contributed by atoms with E-state index in [0.717, 1.165) is 25.0 Å². The molecule has 0 amide bonds. The zero-order valence-corrected chi connectivity index (χ0v) is 16.4. The van der Waals surface area contributed by atoms with Crippen LogP contribution < -0.4 is 5.32 Å². The monoisotopic (exact) mass is 384 g/mol. The Bertz CT molecular complexity index is 688. The first-order chi connectivity index (χ1) is 12.4. The summed E-state index contributed by atoms with van der Waals surface area (Å²) in [5.41, 5.74) is 0.960. The van der Waals surface area contributed by atoms with Crippen molar-refractivity contribution >= 4 is 9.84 Å². The van der Waals surface area contributed by atoms with Gasteiger partial charge in [-0.1, -0.05) is 12.1 Å². The third-order valence-corrected chi connectivity index (χ3v) is 6.08. The van der Waals surface area contributed by atoms with Gasteiger partial charge in [-0.3, -0.25) is 10.2 Å². The molecule has 4 atom stereocenters. The van der Waals surface area contributed by atoms with Gasteiger partial charge >= 0.3 is 0 Å². The molecule has 8 heteroatoms. The molecule has 2 saturated heterocycles. The second-order valence-electron chi connectivity index (χ2n) is 7.01. The van der Waals surface area contributed by atoms with Crippen LogP contribution in [0.3, 0.4) is 0 Å². The lowest BCUT2D eigenvalue weighted by atomic mass is 10.0. The molecule has 0 spiro atoms. The average molecular weight is 384 g/mol. The number of sulfone groups is 1. The molecule has 0 aliphatic carbocycles. The Labute approximate surface area is 155 Å². The van der Waals surface area contributed by atoms with E-state index in [-0.39, 0.29) is 24.6 Å². The first-order valence-electron chi connectivity index (χ1n) is 8.91. The van der Waals surface area contributed by atoms with Gasteiger partial charge < -0.3 is 14.2 Å². The number of hydrogen-bond donors (Lipinski definition) is 1. The van der Waals surface area contributed by atoms with Gasteiger partial charge in [0.15, 0.2) is 9.84 Å². The Hall–Kier alpha value is -1.03. The van der Waals surface area contributed by atoms with Crippen LogP contribution in [-0.2, 0) is 24.0 Å². The third kappa shape index (κ3) is 4.62. The number of likely N-dealkylation sites (N-methyl/N-ethyl adjacent to an activating group) is 1. The number of hydrogen-bond acceptors (Lipinski definition) is 7. The van der Waals surface area contributed by atoms with Crippen LogP contribution in [0.5, 0.6) is 0 Å². The van der Waals surface area contributed by atoms with E-state index in [2.05, 4.69) is 10.2 Å². The molecule has 1 N–H and O–H groups in total. The second-order valence-corrected chi connectivity index (χ2v) is 9.02. The molecule has 0 aromatic heterocycles. The Balaban J connectivity index is 1.71. The highest BCUT2D eigenvalue weighted by atomic mass is 32.2. The van der Waals surface area contributed by atoms with Crippen molar-refractivity contribution in [1.82, 2.24) is 10.2 Å². The lowest BCUT2D eigenvalue weighted by Gasteiger charge is -2.43. The fraction of sp³-hybridized carbons (Fsp3) is 0.667. The standard InChI is InChI=1S/C18H28N2O5S/c1-20-11-16(25-12-14-5-4-10-24-14)19-17(18(20)23-2)13-6-8-15(9-7-13)26(3,21)22/h6-9,14,16-19H,4-5,10-12H2,1-3H3.